The van der Waals surface area contributed by atoms with E-state index in [0.717, 1.165) is 5.69 Å². The van der Waals surface area contributed by atoms with Crippen molar-refractivity contribution in [3.05, 3.63) is 58.6 Å². The quantitative estimate of drug-likeness (QED) is 0.920. The molecule has 5 heteroatoms. The Morgan fingerprint density at radius 1 is 1.35 bits per heavy atom. The van der Waals surface area contributed by atoms with Gasteiger partial charge >= 0.3 is 0 Å². The van der Waals surface area contributed by atoms with Crippen LogP contribution in [0, 0.1) is 5.82 Å². The predicted octanol–water partition coefficient (Wildman–Crippen LogP) is 3.34. The van der Waals surface area contributed by atoms with Crippen molar-refractivity contribution in [2.75, 3.05) is 0 Å². The highest BCUT2D eigenvalue weighted by Crippen LogP contribution is 2.21. The van der Waals surface area contributed by atoms with E-state index >= 15 is 0 Å². The summed E-state index contributed by atoms with van der Waals surface area (Å²) < 4.78 is 19.1. The van der Waals surface area contributed by atoms with Crippen LogP contribution in [0.15, 0.2) is 36.5 Å². The van der Waals surface area contributed by atoms with Crippen LogP contribution in [0.25, 0.3) is 0 Å². The van der Waals surface area contributed by atoms with Crippen molar-refractivity contribution in [2.24, 2.45) is 5.73 Å². The molecule has 1 heterocycles. The Bertz CT molecular complexity index is 552. The third kappa shape index (κ3) is 3.92. The van der Waals surface area contributed by atoms with Gasteiger partial charge in [-0.2, -0.15) is 0 Å². The maximum absolute atomic E-state index is 13.6. The first-order chi connectivity index (χ1) is 9.56. The van der Waals surface area contributed by atoms with E-state index in [1.165, 1.54) is 6.07 Å². The van der Waals surface area contributed by atoms with Gasteiger partial charge in [0, 0.05) is 23.7 Å². The number of pyridine rings is 1. The molecule has 3 nitrogen and oxygen atoms in total. The summed E-state index contributed by atoms with van der Waals surface area (Å²) in [5.41, 5.74) is 6.94. The van der Waals surface area contributed by atoms with Crippen LogP contribution in [-0.2, 0) is 13.0 Å². The fourth-order valence-electron chi connectivity index (χ4n) is 1.77. The molecule has 0 spiro atoms. The molecule has 0 aliphatic rings. The van der Waals surface area contributed by atoms with E-state index in [2.05, 4.69) is 4.98 Å². The van der Waals surface area contributed by atoms with Crippen molar-refractivity contribution in [3.8, 4) is 5.75 Å². The minimum Gasteiger partial charge on any atom is -0.487 e. The summed E-state index contributed by atoms with van der Waals surface area (Å²) in [5, 5.41) is 0.353. The summed E-state index contributed by atoms with van der Waals surface area (Å²) >= 11 is 5.93. The van der Waals surface area contributed by atoms with Gasteiger partial charge in [0.1, 0.15) is 18.2 Å². The van der Waals surface area contributed by atoms with Gasteiger partial charge in [-0.15, -0.1) is 0 Å². The summed E-state index contributed by atoms with van der Waals surface area (Å²) in [7, 11) is 0. The van der Waals surface area contributed by atoms with Crippen LogP contribution in [0.1, 0.15) is 18.2 Å². The van der Waals surface area contributed by atoms with Crippen LogP contribution in [0.3, 0.4) is 0 Å². The smallest absolute Gasteiger partial charge is 0.138 e. The lowest BCUT2D eigenvalue weighted by molar-refractivity contribution is 0.298. The number of nitrogens with two attached hydrogens (primary N) is 1. The van der Waals surface area contributed by atoms with Crippen LogP contribution < -0.4 is 10.5 Å². The molecule has 2 N–H and O–H groups in total. The molecule has 20 heavy (non-hydrogen) atoms. The molecule has 1 atom stereocenters. The minimum absolute atomic E-state index is 0.0616. The maximum atomic E-state index is 13.6. The number of benzene rings is 1. The largest absolute Gasteiger partial charge is 0.487 e. The third-order valence-electron chi connectivity index (χ3n) is 2.77. The fourth-order valence-corrected chi connectivity index (χ4v) is 1.99. The summed E-state index contributed by atoms with van der Waals surface area (Å²) in [6, 6.07) is 8.25. The average molecular weight is 295 g/mol. The van der Waals surface area contributed by atoms with Gasteiger partial charge in [0.15, 0.2) is 0 Å². The molecule has 0 saturated heterocycles. The van der Waals surface area contributed by atoms with Crippen molar-refractivity contribution in [3.63, 3.8) is 0 Å². The van der Waals surface area contributed by atoms with Crippen molar-refractivity contribution in [1.82, 2.24) is 4.98 Å². The second-order valence-corrected chi connectivity index (χ2v) is 5.06. The van der Waals surface area contributed by atoms with Crippen LogP contribution >= 0.6 is 11.6 Å². The van der Waals surface area contributed by atoms with Crippen molar-refractivity contribution >= 4 is 11.6 Å². The summed E-state index contributed by atoms with van der Waals surface area (Å²) in [6.07, 6.45) is 2.31. The van der Waals surface area contributed by atoms with E-state index in [4.69, 9.17) is 22.1 Å². The lowest BCUT2D eigenvalue weighted by atomic mass is 10.2. The van der Waals surface area contributed by atoms with Gasteiger partial charge in [-0.3, -0.25) is 4.98 Å². The molecule has 0 saturated carbocycles. The molecule has 1 aromatic heterocycles. The Morgan fingerprint density at radius 2 is 2.15 bits per heavy atom. The van der Waals surface area contributed by atoms with Gasteiger partial charge in [-0.05, 0) is 31.2 Å². The van der Waals surface area contributed by atoms with Crippen molar-refractivity contribution in [1.29, 1.82) is 0 Å². The number of rotatable bonds is 5. The van der Waals surface area contributed by atoms with Crippen molar-refractivity contribution in [2.45, 2.75) is 26.0 Å². The number of nitrogens with zero attached hydrogens (tertiary/aromatic N) is 1. The first-order valence-corrected chi connectivity index (χ1v) is 6.70. The third-order valence-corrected chi connectivity index (χ3v) is 3.13. The minimum atomic E-state index is -0.376. The van der Waals surface area contributed by atoms with Gasteiger partial charge in [-0.25, -0.2) is 4.39 Å². The van der Waals surface area contributed by atoms with E-state index in [9.17, 15) is 4.39 Å². The number of ether oxygens (including phenoxy) is 1. The average Bonchev–Trinajstić information content (AvgIpc) is 2.39. The summed E-state index contributed by atoms with van der Waals surface area (Å²) in [4.78, 5) is 4.24. The molecule has 2 rings (SSSR count). The van der Waals surface area contributed by atoms with Gasteiger partial charge in [0.05, 0.1) is 11.2 Å². The molecule has 0 aliphatic carbocycles. The van der Waals surface area contributed by atoms with E-state index in [0.29, 0.717) is 22.8 Å². The number of hydrogen-bond donors (Lipinski definition) is 1. The van der Waals surface area contributed by atoms with Crippen LogP contribution in [-0.4, -0.2) is 11.0 Å². The molecular formula is C15H16ClFN2O. The molecule has 0 bridgehead atoms. The molecule has 0 radical (unpaired) electrons. The highest BCUT2D eigenvalue weighted by atomic mass is 35.5. The van der Waals surface area contributed by atoms with Gasteiger partial charge < -0.3 is 10.5 Å². The normalized spacial score (nSPS) is 12.2. The molecule has 0 aliphatic heterocycles. The Kier molecular flexibility index (Phi) is 4.93. The highest BCUT2D eigenvalue weighted by molar-refractivity contribution is 6.31. The number of halogens is 2. The molecule has 106 valence electrons. The Morgan fingerprint density at radius 3 is 2.75 bits per heavy atom. The van der Waals surface area contributed by atoms with Crippen molar-refractivity contribution < 1.29 is 9.13 Å². The van der Waals surface area contributed by atoms with Crippen LogP contribution in [0.2, 0.25) is 5.02 Å². The topological polar surface area (TPSA) is 48.1 Å². The molecule has 0 fully saturated rings. The Labute approximate surface area is 122 Å². The highest BCUT2D eigenvalue weighted by Gasteiger charge is 2.08. The number of hydrogen-bond acceptors (Lipinski definition) is 3. The zero-order valence-corrected chi connectivity index (χ0v) is 11.9. The second-order valence-electron chi connectivity index (χ2n) is 4.66. The van der Waals surface area contributed by atoms with Gasteiger partial charge in [-0.1, -0.05) is 17.7 Å². The van der Waals surface area contributed by atoms with Gasteiger partial charge in [0.2, 0.25) is 0 Å². The summed E-state index contributed by atoms with van der Waals surface area (Å²) in [6.45, 7) is 1.99. The Balaban J connectivity index is 2.00. The van der Waals surface area contributed by atoms with E-state index in [1.807, 2.05) is 13.0 Å². The molecule has 1 unspecified atom stereocenters. The first kappa shape index (κ1) is 14.8. The van der Waals surface area contributed by atoms with E-state index in [-0.39, 0.29) is 18.5 Å². The summed E-state index contributed by atoms with van der Waals surface area (Å²) in [5.74, 6) is 0.191. The molecule has 1 aromatic carbocycles. The monoisotopic (exact) mass is 294 g/mol. The van der Waals surface area contributed by atoms with Crippen LogP contribution in [0.4, 0.5) is 4.39 Å². The predicted molar refractivity (Wildman–Crippen MR) is 77.3 cm³/mol. The first-order valence-electron chi connectivity index (χ1n) is 6.32. The maximum Gasteiger partial charge on any atom is 0.138 e. The van der Waals surface area contributed by atoms with Gasteiger partial charge in [0.25, 0.3) is 0 Å². The van der Waals surface area contributed by atoms with E-state index in [1.54, 1.807) is 24.4 Å². The number of aromatic nitrogens is 1. The Hall–Kier alpha value is -1.65. The fraction of sp³-hybridized carbons (Fsp3) is 0.267. The standard InChI is InChI=1S/C15H16ClFN2O/c1-10(18)7-11-5-6-12(8-19-11)20-9-13-14(16)3-2-4-15(13)17/h2-6,8,10H,7,9,18H2,1H3. The SMILES string of the molecule is CC(N)Cc1ccc(OCc2c(F)cccc2Cl)cn1. The molecule has 0 amide bonds. The lowest BCUT2D eigenvalue weighted by Crippen LogP contribution is -2.18. The zero-order chi connectivity index (χ0) is 14.5. The molecule has 2 aromatic rings. The van der Waals surface area contributed by atoms with E-state index < -0.39 is 0 Å². The zero-order valence-electron chi connectivity index (χ0n) is 11.1. The van der Waals surface area contributed by atoms with Crippen LogP contribution in [0.5, 0.6) is 5.75 Å². The second kappa shape index (κ2) is 6.68. The molecular weight excluding hydrogens is 279 g/mol. The lowest BCUT2D eigenvalue weighted by Gasteiger charge is -2.09.